The van der Waals surface area contributed by atoms with Crippen LogP contribution in [0.3, 0.4) is 0 Å². The monoisotopic (exact) mass is 520 g/mol. The first-order valence-electron chi connectivity index (χ1n) is 12.4. The summed E-state index contributed by atoms with van der Waals surface area (Å²) in [6.07, 6.45) is -4.23. The van der Waals surface area contributed by atoms with Gasteiger partial charge in [-0.05, 0) is 48.2 Å². The lowest BCUT2D eigenvalue weighted by molar-refractivity contribution is -0.139. The fourth-order valence-corrected chi connectivity index (χ4v) is 4.22. The molecule has 202 valence electrons. The van der Waals surface area contributed by atoms with Crippen LogP contribution in [0.25, 0.3) is 0 Å². The summed E-state index contributed by atoms with van der Waals surface area (Å²) in [5.41, 5.74) is 2.09. The Morgan fingerprint density at radius 1 is 1.14 bits per heavy atom. The van der Waals surface area contributed by atoms with Gasteiger partial charge in [0, 0.05) is 38.4 Å². The van der Waals surface area contributed by atoms with E-state index in [0.717, 1.165) is 22.9 Å². The first kappa shape index (κ1) is 28.3. The predicted molar refractivity (Wildman–Crippen MR) is 136 cm³/mol. The average molecular weight is 521 g/mol. The molecule has 7 nitrogen and oxygen atoms in total. The summed E-state index contributed by atoms with van der Waals surface area (Å²) >= 11 is 0. The van der Waals surface area contributed by atoms with Crippen LogP contribution in [0.5, 0.6) is 0 Å². The molecule has 0 saturated heterocycles. The number of carbonyl (C=O) groups excluding carboxylic acids is 2. The summed E-state index contributed by atoms with van der Waals surface area (Å²) in [6.45, 7) is 5.75. The largest absolute Gasteiger partial charge is 0.449 e. The first-order chi connectivity index (χ1) is 17.6. The summed E-state index contributed by atoms with van der Waals surface area (Å²) in [4.78, 5) is 28.6. The molecule has 0 bridgehead atoms. The molecule has 2 aromatic rings. The van der Waals surface area contributed by atoms with E-state index in [9.17, 15) is 22.8 Å². The van der Waals surface area contributed by atoms with Gasteiger partial charge in [0.2, 0.25) is 5.91 Å². The van der Waals surface area contributed by atoms with Gasteiger partial charge in [-0.15, -0.1) is 0 Å². The van der Waals surface area contributed by atoms with E-state index in [1.165, 1.54) is 17.0 Å². The summed E-state index contributed by atoms with van der Waals surface area (Å²) < 4.78 is 45.8. The van der Waals surface area contributed by atoms with Crippen LogP contribution < -0.4 is 10.6 Å². The van der Waals surface area contributed by atoms with Crippen LogP contribution in [-0.2, 0) is 35.2 Å². The minimum atomic E-state index is -4.50. The Morgan fingerprint density at radius 3 is 2.59 bits per heavy atom. The minimum Gasteiger partial charge on any atom is -0.449 e. The smallest absolute Gasteiger partial charge is 0.416 e. The third-order valence-electron chi connectivity index (χ3n) is 6.16. The van der Waals surface area contributed by atoms with Gasteiger partial charge < -0.3 is 25.2 Å². The highest BCUT2D eigenvalue weighted by Gasteiger charge is 2.33. The highest BCUT2D eigenvalue weighted by Crippen LogP contribution is 2.32. The molecule has 2 aromatic carbocycles. The fourth-order valence-electron chi connectivity index (χ4n) is 4.22. The molecule has 0 aliphatic carbocycles. The highest BCUT2D eigenvalue weighted by atomic mass is 19.4. The van der Waals surface area contributed by atoms with E-state index in [4.69, 9.17) is 4.74 Å². The fraction of sp³-hybridized carbons (Fsp3) is 0.481. The molecule has 0 saturated carbocycles. The summed E-state index contributed by atoms with van der Waals surface area (Å²) in [6, 6.07) is 11.0. The number of hydrogen-bond acceptors (Lipinski definition) is 5. The van der Waals surface area contributed by atoms with Crippen molar-refractivity contribution < 1.29 is 27.5 Å². The molecule has 0 aromatic heterocycles. The Balaban J connectivity index is 1.68. The molecule has 0 unspecified atom stereocenters. The molecule has 0 spiro atoms. The first-order valence-corrected chi connectivity index (χ1v) is 12.4. The molecule has 1 aliphatic rings. The van der Waals surface area contributed by atoms with Gasteiger partial charge in [0.15, 0.2) is 0 Å². The molecule has 3 rings (SSSR count). The quantitative estimate of drug-likeness (QED) is 0.482. The number of ether oxygens (including phenoxy) is 1. The van der Waals surface area contributed by atoms with Crippen LogP contribution in [0.1, 0.15) is 36.1 Å². The highest BCUT2D eigenvalue weighted by molar-refractivity contribution is 5.81. The zero-order chi connectivity index (χ0) is 27.0. The maximum atomic E-state index is 13.5. The van der Waals surface area contributed by atoms with Gasteiger partial charge in [0.05, 0.1) is 18.7 Å². The van der Waals surface area contributed by atoms with Crippen molar-refractivity contribution in [2.45, 2.75) is 39.5 Å². The number of amides is 2. The van der Waals surface area contributed by atoms with Crippen molar-refractivity contribution >= 4 is 17.7 Å². The number of halogens is 3. The second kappa shape index (κ2) is 12.8. The van der Waals surface area contributed by atoms with Gasteiger partial charge >= 0.3 is 12.3 Å². The van der Waals surface area contributed by atoms with Crippen molar-refractivity contribution in [3.63, 3.8) is 0 Å². The Labute approximate surface area is 216 Å². The molecule has 0 atom stereocenters. The van der Waals surface area contributed by atoms with Gasteiger partial charge in [-0.25, -0.2) is 4.79 Å². The number of fused-ring (bicyclic) bond motifs is 1. The molecule has 2 N–H and O–H groups in total. The van der Waals surface area contributed by atoms with Crippen LogP contribution in [-0.4, -0.2) is 61.6 Å². The normalized spacial score (nSPS) is 13.3. The van der Waals surface area contributed by atoms with Crippen molar-refractivity contribution in [2.75, 3.05) is 45.2 Å². The number of alkyl halides is 3. The van der Waals surface area contributed by atoms with Gasteiger partial charge in [-0.2, -0.15) is 13.2 Å². The Morgan fingerprint density at radius 2 is 1.89 bits per heavy atom. The third-order valence-corrected chi connectivity index (χ3v) is 6.16. The van der Waals surface area contributed by atoms with Crippen molar-refractivity contribution in [1.29, 1.82) is 0 Å². The topological polar surface area (TPSA) is 73.9 Å². The standard InChI is InChI=1S/C27H35F3N4O3/c1-19(2)18-37-26(36)34-13-11-22-20(16-34)8-6-10-24(22)32-15-25(35)33(14-12-31-3)17-21-7-4-5-9-23(21)27(28,29)30/h4-10,19,31-32H,11-18H2,1-3H3. The van der Waals surface area contributed by atoms with Gasteiger partial charge in [-0.3, -0.25) is 4.79 Å². The number of carbonyl (C=O) groups is 2. The van der Waals surface area contributed by atoms with Crippen molar-refractivity contribution in [1.82, 2.24) is 15.1 Å². The zero-order valence-electron chi connectivity index (χ0n) is 21.5. The molecule has 1 aliphatic heterocycles. The molecular weight excluding hydrogens is 485 g/mol. The Bertz CT molecular complexity index is 1080. The summed E-state index contributed by atoms with van der Waals surface area (Å²) in [7, 11) is 1.72. The van der Waals surface area contributed by atoms with Crippen LogP contribution in [0, 0.1) is 5.92 Å². The van der Waals surface area contributed by atoms with E-state index in [1.54, 1.807) is 18.0 Å². The minimum absolute atomic E-state index is 0.0565. The van der Waals surface area contributed by atoms with Gasteiger partial charge in [-0.1, -0.05) is 44.2 Å². The summed E-state index contributed by atoms with van der Waals surface area (Å²) in [5.74, 6) is -0.0523. The lowest BCUT2D eigenvalue weighted by atomic mass is 9.98. The third kappa shape index (κ3) is 7.85. The lowest BCUT2D eigenvalue weighted by Crippen LogP contribution is -2.40. The number of benzene rings is 2. The van der Waals surface area contributed by atoms with Crippen molar-refractivity contribution in [2.24, 2.45) is 5.92 Å². The van der Waals surface area contributed by atoms with Crippen molar-refractivity contribution in [3.8, 4) is 0 Å². The lowest BCUT2D eigenvalue weighted by Gasteiger charge is -2.30. The number of rotatable bonds is 10. The maximum absolute atomic E-state index is 13.5. The molecule has 37 heavy (non-hydrogen) atoms. The molecule has 0 radical (unpaired) electrons. The maximum Gasteiger partial charge on any atom is 0.416 e. The van der Waals surface area contributed by atoms with E-state index >= 15 is 0 Å². The van der Waals surface area contributed by atoms with E-state index < -0.39 is 11.7 Å². The van der Waals surface area contributed by atoms with Crippen LogP contribution >= 0.6 is 0 Å². The molecular formula is C27H35F3N4O3. The number of likely N-dealkylation sites (N-methyl/N-ethyl adjacent to an activating group) is 1. The van der Waals surface area contributed by atoms with Crippen LogP contribution in [0.2, 0.25) is 0 Å². The second-order valence-electron chi connectivity index (χ2n) is 9.51. The van der Waals surface area contributed by atoms with E-state index in [1.807, 2.05) is 32.0 Å². The second-order valence-corrected chi connectivity index (χ2v) is 9.51. The molecule has 0 fully saturated rings. The van der Waals surface area contributed by atoms with Gasteiger partial charge in [0.1, 0.15) is 0 Å². The zero-order valence-corrected chi connectivity index (χ0v) is 21.5. The molecule has 2 amide bonds. The van der Waals surface area contributed by atoms with E-state index in [0.29, 0.717) is 32.7 Å². The predicted octanol–water partition coefficient (Wildman–Crippen LogP) is 4.52. The Hall–Kier alpha value is -3.27. The number of anilines is 1. The van der Waals surface area contributed by atoms with Crippen molar-refractivity contribution in [3.05, 3.63) is 64.7 Å². The molecule has 10 heteroatoms. The van der Waals surface area contributed by atoms with Crippen LogP contribution in [0.15, 0.2) is 42.5 Å². The number of nitrogens with one attached hydrogen (secondary N) is 2. The number of nitrogens with zero attached hydrogens (tertiary/aromatic N) is 2. The van der Waals surface area contributed by atoms with E-state index in [2.05, 4.69) is 10.6 Å². The summed E-state index contributed by atoms with van der Waals surface area (Å²) in [5, 5.41) is 6.12. The Kier molecular flexibility index (Phi) is 9.79. The van der Waals surface area contributed by atoms with Crippen LogP contribution in [0.4, 0.5) is 23.7 Å². The van der Waals surface area contributed by atoms with Gasteiger partial charge in [0.25, 0.3) is 0 Å². The number of hydrogen-bond donors (Lipinski definition) is 2. The SMILES string of the molecule is CNCCN(Cc1ccccc1C(F)(F)F)C(=O)CNc1cccc2c1CCN(C(=O)OCC(C)C)C2. The molecule has 1 heterocycles. The van der Waals surface area contributed by atoms with E-state index in [-0.39, 0.29) is 43.1 Å². The average Bonchev–Trinajstić information content (AvgIpc) is 2.87.